The lowest BCUT2D eigenvalue weighted by Crippen LogP contribution is -2.48. The van der Waals surface area contributed by atoms with Gasteiger partial charge >= 0.3 is 0 Å². The molecule has 3 rings (SSSR count). The van der Waals surface area contributed by atoms with Gasteiger partial charge in [0.2, 0.25) is 18.2 Å². The molecule has 1 aliphatic heterocycles. The van der Waals surface area contributed by atoms with Gasteiger partial charge in [-0.3, -0.25) is 19.6 Å². The van der Waals surface area contributed by atoms with E-state index in [0.29, 0.717) is 22.5 Å². The predicted octanol–water partition coefficient (Wildman–Crippen LogP) is 2.37. The summed E-state index contributed by atoms with van der Waals surface area (Å²) in [5.41, 5.74) is 0. The van der Waals surface area contributed by atoms with Crippen LogP contribution in [0.3, 0.4) is 0 Å². The first-order chi connectivity index (χ1) is 13.9. The van der Waals surface area contributed by atoms with Crippen molar-refractivity contribution in [1.29, 1.82) is 0 Å². The highest BCUT2D eigenvalue weighted by molar-refractivity contribution is 7.15. The molecule has 1 aromatic heterocycles. The van der Waals surface area contributed by atoms with Crippen LogP contribution in [-0.4, -0.2) is 63.7 Å². The van der Waals surface area contributed by atoms with E-state index < -0.39 is 29.9 Å². The summed E-state index contributed by atoms with van der Waals surface area (Å²) in [4.78, 5) is 43.1. The van der Waals surface area contributed by atoms with Crippen LogP contribution in [0.15, 0.2) is 6.20 Å². The number of carbonyl (C=O) groups excluding carboxylic acids is 3. The van der Waals surface area contributed by atoms with E-state index in [9.17, 15) is 24.0 Å². The summed E-state index contributed by atoms with van der Waals surface area (Å²) >= 11 is 1.31. The number of halogens is 1. The second kappa shape index (κ2) is 9.62. The topological polar surface area (TPSA) is 103 Å². The average Bonchev–Trinajstić information content (AvgIpc) is 3.42. The maximum atomic E-state index is 14.2. The Bertz CT molecular complexity index is 740. The van der Waals surface area contributed by atoms with Crippen molar-refractivity contribution in [1.82, 2.24) is 14.9 Å². The summed E-state index contributed by atoms with van der Waals surface area (Å²) in [6.45, 7) is 1.53. The average molecular weight is 427 g/mol. The molecule has 29 heavy (non-hydrogen) atoms. The number of hydrogen-bond acceptors (Lipinski definition) is 6. The van der Waals surface area contributed by atoms with E-state index in [4.69, 9.17) is 0 Å². The lowest BCUT2D eigenvalue weighted by molar-refractivity contribution is -0.158. The molecule has 8 nitrogen and oxygen atoms in total. The first-order valence-electron chi connectivity index (χ1n) is 9.96. The third-order valence-corrected chi connectivity index (χ3v) is 6.49. The molecule has 0 radical (unpaired) electrons. The number of nitrogens with one attached hydrogen (secondary N) is 1. The minimum atomic E-state index is -1.30. The minimum absolute atomic E-state index is 0.0748. The van der Waals surface area contributed by atoms with Crippen LogP contribution >= 0.6 is 11.3 Å². The molecule has 1 aliphatic carbocycles. The summed E-state index contributed by atoms with van der Waals surface area (Å²) in [6.07, 6.45) is 5.20. The zero-order chi connectivity index (χ0) is 21.0. The first-order valence-corrected chi connectivity index (χ1v) is 10.8. The van der Waals surface area contributed by atoms with Gasteiger partial charge in [-0.1, -0.05) is 25.7 Å². The van der Waals surface area contributed by atoms with Gasteiger partial charge in [-0.25, -0.2) is 14.4 Å². The maximum Gasteiger partial charge on any atom is 0.249 e. The number of aromatic nitrogens is 1. The molecule has 2 aliphatic rings. The van der Waals surface area contributed by atoms with Crippen LogP contribution in [0, 0.1) is 18.8 Å². The van der Waals surface area contributed by atoms with E-state index in [1.807, 2.05) is 6.92 Å². The monoisotopic (exact) mass is 426 g/mol. The molecule has 0 aromatic carbocycles. The summed E-state index contributed by atoms with van der Waals surface area (Å²) < 4.78 is 14.2. The lowest BCUT2D eigenvalue weighted by Gasteiger charge is -2.30. The number of rotatable bonds is 8. The number of nitrogens with zero attached hydrogens (tertiary/aromatic N) is 3. The zero-order valence-electron chi connectivity index (χ0n) is 16.4. The molecular formula is C19H27FN4O4S. The molecule has 1 saturated heterocycles. The molecule has 1 saturated carbocycles. The van der Waals surface area contributed by atoms with E-state index in [2.05, 4.69) is 10.3 Å². The molecule has 1 aromatic rings. The standard InChI is InChI=1S/C19H27FN4O4S/c1-12-8-21-19(29-12)22-17(26)16-7-15(20)10-24(16)18(27)14(9-23(28)11-25)6-13-4-2-3-5-13/h8,11,13-16,28H,2-7,9-10H2,1H3,(H,21,22,26)/t14-,15+,16+/m1/s1. The molecule has 160 valence electrons. The van der Waals surface area contributed by atoms with E-state index in [1.54, 1.807) is 6.20 Å². The summed E-state index contributed by atoms with van der Waals surface area (Å²) in [6, 6.07) is -0.934. The molecule has 3 amide bonds. The molecule has 10 heteroatoms. The van der Waals surface area contributed by atoms with Gasteiger partial charge in [0.25, 0.3) is 0 Å². The van der Waals surface area contributed by atoms with Crippen LogP contribution in [0.25, 0.3) is 0 Å². The molecule has 0 bridgehead atoms. The van der Waals surface area contributed by atoms with Gasteiger partial charge in [-0.15, -0.1) is 11.3 Å². The summed E-state index contributed by atoms with van der Waals surface area (Å²) in [7, 11) is 0. The Labute approximate surface area is 173 Å². The second-order valence-corrected chi connectivity index (χ2v) is 9.15. The number of carbonyl (C=O) groups is 3. The van der Waals surface area contributed by atoms with Crippen molar-refractivity contribution in [3.63, 3.8) is 0 Å². The molecule has 3 atom stereocenters. The van der Waals surface area contributed by atoms with Crippen LogP contribution in [0.5, 0.6) is 0 Å². The predicted molar refractivity (Wildman–Crippen MR) is 105 cm³/mol. The molecular weight excluding hydrogens is 399 g/mol. The van der Waals surface area contributed by atoms with Crippen molar-refractivity contribution < 1.29 is 24.0 Å². The van der Waals surface area contributed by atoms with Gasteiger partial charge in [0.1, 0.15) is 12.2 Å². The van der Waals surface area contributed by atoms with Crippen molar-refractivity contribution in [2.75, 3.05) is 18.4 Å². The maximum absolute atomic E-state index is 14.2. The van der Waals surface area contributed by atoms with E-state index in [-0.39, 0.29) is 25.9 Å². The summed E-state index contributed by atoms with van der Waals surface area (Å²) in [5.74, 6) is -1.20. The van der Waals surface area contributed by atoms with Crippen molar-refractivity contribution in [2.45, 2.75) is 57.7 Å². The Kier molecular flexibility index (Phi) is 7.18. The minimum Gasteiger partial charge on any atom is -0.327 e. The highest BCUT2D eigenvalue weighted by Gasteiger charge is 2.42. The molecule has 2 N–H and O–H groups in total. The number of amides is 3. The Morgan fingerprint density at radius 3 is 2.83 bits per heavy atom. The Balaban J connectivity index is 1.72. The van der Waals surface area contributed by atoms with Crippen LogP contribution in [0.1, 0.15) is 43.4 Å². The van der Waals surface area contributed by atoms with Crippen LogP contribution in [0.2, 0.25) is 0 Å². The zero-order valence-corrected chi connectivity index (χ0v) is 17.2. The SMILES string of the molecule is Cc1cnc(NC(=O)[C@@H]2C[C@H](F)CN2C(=O)[C@H](CC2CCCC2)CN(O)C=O)s1. The van der Waals surface area contributed by atoms with Crippen LogP contribution in [-0.2, 0) is 14.4 Å². The fourth-order valence-corrected chi connectivity index (χ4v) is 4.95. The second-order valence-electron chi connectivity index (χ2n) is 7.92. The Morgan fingerprint density at radius 1 is 1.48 bits per heavy atom. The molecule has 0 spiro atoms. The molecule has 0 unspecified atom stereocenters. The number of aryl methyl sites for hydroxylation is 1. The Hall–Kier alpha value is -2.07. The number of hydroxylamine groups is 2. The smallest absolute Gasteiger partial charge is 0.249 e. The van der Waals surface area contributed by atoms with Crippen molar-refractivity contribution in [2.24, 2.45) is 11.8 Å². The highest BCUT2D eigenvalue weighted by Crippen LogP contribution is 2.33. The van der Waals surface area contributed by atoms with Gasteiger partial charge in [-0.2, -0.15) is 0 Å². The van der Waals surface area contributed by atoms with Crippen LogP contribution in [0.4, 0.5) is 9.52 Å². The Morgan fingerprint density at radius 2 is 2.21 bits per heavy atom. The number of alkyl halides is 1. The van der Waals surface area contributed by atoms with E-state index >= 15 is 0 Å². The first kappa shape index (κ1) is 21.6. The third kappa shape index (κ3) is 5.51. The normalized spacial score (nSPS) is 23.2. The largest absolute Gasteiger partial charge is 0.327 e. The van der Waals surface area contributed by atoms with E-state index in [0.717, 1.165) is 30.6 Å². The third-order valence-electron chi connectivity index (χ3n) is 5.66. The van der Waals surface area contributed by atoms with Gasteiger partial charge in [0, 0.05) is 17.5 Å². The molecule has 2 heterocycles. The molecule has 2 fully saturated rings. The van der Waals surface area contributed by atoms with Crippen molar-refractivity contribution >= 4 is 34.7 Å². The fourth-order valence-electron chi connectivity index (χ4n) is 4.28. The van der Waals surface area contributed by atoms with Gasteiger partial charge in [-0.05, 0) is 19.3 Å². The number of likely N-dealkylation sites (tertiary alicyclic amines) is 1. The van der Waals surface area contributed by atoms with Crippen molar-refractivity contribution in [3.05, 3.63) is 11.1 Å². The number of hydrogen-bond donors (Lipinski definition) is 2. The number of thiazole rings is 1. The number of anilines is 1. The van der Waals surface area contributed by atoms with Crippen molar-refractivity contribution in [3.8, 4) is 0 Å². The van der Waals surface area contributed by atoms with Crippen LogP contribution < -0.4 is 5.32 Å². The highest BCUT2D eigenvalue weighted by atomic mass is 32.1. The fraction of sp³-hybridized carbons (Fsp3) is 0.684. The lowest BCUT2D eigenvalue weighted by atomic mass is 9.91. The summed E-state index contributed by atoms with van der Waals surface area (Å²) in [5, 5.41) is 13.2. The quantitative estimate of drug-likeness (QED) is 0.377. The van der Waals surface area contributed by atoms with Gasteiger partial charge in [0.15, 0.2) is 5.13 Å². The van der Waals surface area contributed by atoms with E-state index in [1.165, 1.54) is 16.2 Å². The van der Waals surface area contributed by atoms with Gasteiger partial charge in [0.05, 0.1) is 19.0 Å². The van der Waals surface area contributed by atoms with Gasteiger partial charge < -0.3 is 10.2 Å².